The Balaban J connectivity index is 1.60. The molecule has 3 aromatic rings. The summed E-state index contributed by atoms with van der Waals surface area (Å²) < 4.78 is 10.9. The molecule has 0 saturated heterocycles. The summed E-state index contributed by atoms with van der Waals surface area (Å²) in [5.41, 5.74) is 3.72. The number of nitrogens with one attached hydrogen (secondary N) is 1. The van der Waals surface area contributed by atoms with Crippen molar-refractivity contribution in [2.45, 2.75) is 65.1 Å². The van der Waals surface area contributed by atoms with E-state index >= 15 is 0 Å². The van der Waals surface area contributed by atoms with E-state index in [9.17, 15) is 9.59 Å². The van der Waals surface area contributed by atoms with Crippen molar-refractivity contribution in [3.8, 4) is 11.5 Å². The highest BCUT2D eigenvalue weighted by Crippen LogP contribution is 2.33. The minimum absolute atomic E-state index is 0.0665. The molecule has 194 valence electrons. The fourth-order valence-electron chi connectivity index (χ4n) is 4.39. The maximum atomic E-state index is 13.8. The second-order valence-electron chi connectivity index (χ2n) is 10.6. The molecule has 0 unspecified atom stereocenters. The van der Waals surface area contributed by atoms with E-state index in [1.165, 1.54) is 0 Å². The van der Waals surface area contributed by atoms with Gasteiger partial charge in [0.25, 0.3) is 0 Å². The maximum Gasteiger partial charge on any atom is 0.243 e. The summed E-state index contributed by atoms with van der Waals surface area (Å²) in [7, 11) is 0. The first-order valence-electron chi connectivity index (χ1n) is 12.8. The lowest BCUT2D eigenvalue weighted by Gasteiger charge is -2.34. The first-order chi connectivity index (χ1) is 17.7. The van der Waals surface area contributed by atoms with Crippen LogP contribution in [0, 0.1) is 6.92 Å². The van der Waals surface area contributed by atoms with Crippen LogP contribution in [-0.2, 0) is 29.0 Å². The van der Waals surface area contributed by atoms with Gasteiger partial charge in [-0.25, -0.2) is 0 Å². The van der Waals surface area contributed by atoms with Gasteiger partial charge >= 0.3 is 0 Å². The Morgan fingerprint density at radius 2 is 1.57 bits per heavy atom. The van der Waals surface area contributed by atoms with Gasteiger partial charge in [-0.3, -0.25) is 9.59 Å². The van der Waals surface area contributed by atoms with E-state index in [1.54, 1.807) is 4.90 Å². The van der Waals surface area contributed by atoms with Crippen LogP contribution in [0.1, 0.15) is 49.4 Å². The summed E-state index contributed by atoms with van der Waals surface area (Å²) in [6.07, 6.45) is 1.25. The molecule has 3 aromatic carbocycles. The number of carbonyl (C=O) groups is 2. The molecular formula is C31H36N2O4. The number of aryl methyl sites for hydroxylation is 2. The van der Waals surface area contributed by atoms with E-state index in [0.29, 0.717) is 25.1 Å². The van der Waals surface area contributed by atoms with Crippen LogP contribution in [0.5, 0.6) is 11.5 Å². The topological polar surface area (TPSA) is 67.9 Å². The molecular weight excluding hydrogens is 464 g/mol. The van der Waals surface area contributed by atoms with Crippen LogP contribution in [-0.4, -0.2) is 35.1 Å². The van der Waals surface area contributed by atoms with Gasteiger partial charge in [-0.05, 0) is 62.9 Å². The van der Waals surface area contributed by atoms with Crippen LogP contribution in [0.25, 0.3) is 0 Å². The summed E-state index contributed by atoms with van der Waals surface area (Å²) in [5, 5.41) is 3.11. The molecule has 1 heterocycles. The second kappa shape index (κ2) is 11.5. The number of hydrogen-bond donors (Lipinski definition) is 1. The van der Waals surface area contributed by atoms with Crippen LogP contribution in [0.15, 0.2) is 72.8 Å². The van der Waals surface area contributed by atoms with Crippen molar-refractivity contribution < 1.29 is 19.1 Å². The average molecular weight is 501 g/mol. The van der Waals surface area contributed by atoms with Crippen molar-refractivity contribution in [3.63, 3.8) is 0 Å². The average Bonchev–Trinajstić information content (AvgIpc) is 3.33. The van der Waals surface area contributed by atoms with E-state index in [1.807, 2.05) is 100 Å². The lowest BCUT2D eigenvalue weighted by atomic mass is 9.99. The highest BCUT2D eigenvalue weighted by molar-refractivity contribution is 5.88. The number of benzene rings is 3. The van der Waals surface area contributed by atoms with Crippen molar-refractivity contribution in [1.29, 1.82) is 0 Å². The fourth-order valence-corrected chi connectivity index (χ4v) is 4.39. The summed E-state index contributed by atoms with van der Waals surface area (Å²) >= 11 is 0. The molecule has 37 heavy (non-hydrogen) atoms. The Labute approximate surface area is 219 Å². The van der Waals surface area contributed by atoms with Crippen LogP contribution in [0.4, 0.5) is 0 Å². The zero-order valence-corrected chi connectivity index (χ0v) is 22.1. The Bertz CT molecular complexity index is 1220. The molecule has 2 amide bonds. The molecule has 0 saturated carbocycles. The Morgan fingerprint density at radius 1 is 0.892 bits per heavy atom. The second-order valence-corrected chi connectivity index (χ2v) is 10.6. The van der Waals surface area contributed by atoms with Crippen molar-refractivity contribution >= 4 is 11.8 Å². The number of carbonyl (C=O) groups excluding carboxylic acids is 2. The highest BCUT2D eigenvalue weighted by Gasteiger charge is 2.32. The maximum absolute atomic E-state index is 13.8. The zero-order valence-electron chi connectivity index (χ0n) is 22.1. The number of fused-ring (bicyclic) bond motifs is 1. The fraction of sp³-hybridized carbons (Fsp3) is 0.355. The largest absolute Gasteiger partial charge is 0.454 e. The Kier molecular flexibility index (Phi) is 8.17. The van der Waals surface area contributed by atoms with Gasteiger partial charge in [0.2, 0.25) is 18.6 Å². The van der Waals surface area contributed by atoms with Gasteiger partial charge in [0.05, 0.1) is 0 Å². The minimum Gasteiger partial charge on any atom is -0.454 e. The molecule has 1 N–H and O–H groups in total. The first-order valence-corrected chi connectivity index (χ1v) is 12.8. The number of amides is 2. The molecule has 1 atom stereocenters. The van der Waals surface area contributed by atoms with Crippen molar-refractivity contribution in [2.75, 3.05) is 6.79 Å². The van der Waals surface area contributed by atoms with Crippen LogP contribution < -0.4 is 14.8 Å². The zero-order chi connectivity index (χ0) is 26.4. The molecule has 0 aromatic heterocycles. The highest BCUT2D eigenvalue weighted by atomic mass is 16.7. The van der Waals surface area contributed by atoms with E-state index in [0.717, 1.165) is 28.0 Å². The monoisotopic (exact) mass is 500 g/mol. The summed E-state index contributed by atoms with van der Waals surface area (Å²) in [4.78, 5) is 29.2. The molecule has 0 radical (unpaired) electrons. The third kappa shape index (κ3) is 7.35. The third-order valence-corrected chi connectivity index (χ3v) is 6.31. The predicted molar refractivity (Wildman–Crippen MR) is 144 cm³/mol. The van der Waals surface area contributed by atoms with Crippen molar-refractivity contribution in [1.82, 2.24) is 10.2 Å². The Hall–Kier alpha value is -3.80. The summed E-state index contributed by atoms with van der Waals surface area (Å²) in [6.45, 7) is 8.47. The van der Waals surface area contributed by atoms with E-state index in [-0.39, 0.29) is 25.0 Å². The molecule has 0 spiro atoms. The van der Waals surface area contributed by atoms with Gasteiger partial charge in [0.15, 0.2) is 11.5 Å². The lowest BCUT2D eigenvalue weighted by molar-refractivity contribution is -0.141. The number of hydrogen-bond acceptors (Lipinski definition) is 4. The number of nitrogens with zero attached hydrogens (tertiary/aromatic N) is 1. The third-order valence-electron chi connectivity index (χ3n) is 6.31. The molecule has 0 fully saturated rings. The van der Waals surface area contributed by atoms with Crippen LogP contribution >= 0.6 is 0 Å². The number of ether oxygens (including phenoxy) is 2. The lowest BCUT2D eigenvalue weighted by Crippen LogP contribution is -2.54. The summed E-state index contributed by atoms with van der Waals surface area (Å²) in [6, 6.07) is 23.1. The van der Waals surface area contributed by atoms with Gasteiger partial charge < -0.3 is 19.7 Å². The van der Waals surface area contributed by atoms with E-state index < -0.39 is 11.6 Å². The van der Waals surface area contributed by atoms with Gasteiger partial charge in [0.1, 0.15) is 6.04 Å². The van der Waals surface area contributed by atoms with Crippen molar-refractivity contribution in [2.24, 2.45) is 0 Å². The smallest absolute Gasteiger partial charge is 0.243 e. The molecule has 0 aliphatic carbocycles. The summed E-state index contributed by atoms with van der Waals surface area (Å²) in [5.74, 6) is 1.20. The van der Waals surface area contributed by atoms with Gasteiger partial charge in [0, 0.05) is 24.9 Å². The van der Waals surface area contributed by atoms with E-state index in [2.05, 4.69) is 5.32 Å². The quantitative estimate of drug-likeness (QED) is 0.438. The molecule has 1 aliphatic heterocycles. The van der Waals surface area contributed by atoms with Crippen LogP contribution in [0.3, 0.4) is 0 Å². The number of rotatable bonds is 9. The minimum atomic E-state index is -0.646. The standard InChI is InChI=1S/C31H36N2O4/c1-22-10-12-25(13-11-22)20-33(29(34)17-15-24-14-16-27-28(19-24)37-21-36-27)26(30(35)32-31(2,3)4)18-23-8-6-5-7-9-23/h5-14,16,19,26H,15,17-18,20-21H2,1-4H3,(H,32,35)/t26-/m0/s1. The molecule has 6 nitrogen and oxygen atoms in total. The van der Waals surface area contributed by atoms with E-state index in [4.69, 9.17) is 9.47 Å². The molecule has 4 rings (SSSR count). The molecule has 1 aliphatic rings. The predicted octanol–water partition coefficient (Wildman–Crippen LogP) is 5.21. The first kappa shape index (κ1) is 26.3. The van der Waals surface area contributed by atoms with Crippen LogP contribution in [0.2, 0.25) is 0 Å². The molecule has 0 bridgehead atoms. The molecule has 6 heteroatoms. The van der Waals surface area contributed by atoms with Gasteiger partial charge in [-0.15, -0.1) is 0 Å². The Morgan fingerprint density at radius 3 is 2.27 bits per heavy atom. The normalized spacial score (nSPS) is 13.2. The SMILES string of the molecule is Cc1ccc(CN(C(=O)CCc2ccc3c(c2)OCO3)[C@@H](Cc2ccccc2)C(=O)NC(C)(C)C)cc1. The van der Waals surface area contributed by atoms with Gasteiger partial charge in [-0.1, -0.05) is 66.2 Å². The van der Waals surface area contributed by atoms with Crippen molar-refractivity contribution in [3.05, 3.63) is 95.1 Å². The van der Waals surface area contributed by atoms with Gasteiger partial charge in [-0.2, -0.15) is 0 Å².